The lowest BCUT2D eigenvalue weighted by molar-refractivity contribution is 0.607. The molecule has 0 fully saturated rings. The molecule has 0 N–H and O–H groups in total. The van der Waals surface area contributed by atoms with Gasteiger partial charge in [0, 0.05) is 12.3 Å². The summed E-state index contributed by atoms with van der Waals surface area (Å²) in [5.41, 5.74) is 0.396. The molecule has 1 heterocycles. The minimum absolute atomic E-state index is 0.368. The number of hydrogen-bond donors (Lipinski definition) is 0. The molecule has 1 radical (unpaired) electrons. The summed E-state index contributed by atoms with van der Waals surface area (Å²) in [6.45, 7) is 1.60. The van der Waals surface area contributed by atoms with Crippen molar-refractivity contribution >= 4 is 0 Å². The van der Waals surface area contributed by atoms with Gasteiger partial charge in [0.25, 0.3) is 0 Å². The Bertz CT molecular complexity index is 165. The number of halogens is 1. The van der Waals surface area contributed by atoms with Crippen LogP contribution >= 0.6 is 0 Å². The Morgan fingerprint density at radius 2 is 2.50 bits per heavy atom. The van der Waals surface area contributed by atoms with Crippen molar-refractivity contribution in [1.29, 1.82) is 0 Å². The number of aromatic nitrogens is 1. The highest BCUT2D eigenvalue weighted by Gasteiger charge is 1.91. The van der Waals surface area contributed by atoms with Gasteiger partial charge in [0.05, 0.1) is 5.69 Å². The maximum Gasteiger partial charge on any atom is 0.152 e. The van der Waals surface area contributed by atoms with E-state index in [0.717, 1.165) is 0 Å². The number of pyridine rings is 1. The predicted octanol–water partition coefficient (Wildman–Crippen LogP) is 1.33. The van der Waals surface area contributed by atoms with E-state index in [4.69, 9.17) is 0 Å². The molecule has 2 heteroatoms. The van der Waals surface area contributed by atoms with Crippen molar-refractivity contribution in [2.75, 3.05) is 0 Å². The van der Waals surface area contributed by atoms with Crippen molar-refractivity contribution in [1.82, 2.24) is 4.98 Å². The summed E-state index contributed by atoms with van der Waals surface area (Å²) in [5, 5.41) is 0. The van der Waals surface area contributed by atoms with Crippen LogP contribution in [0.15, 0.2) is 12.3 Å². The molecule has 0 spiro atoms. The largest absolute Gasteiger partial charge is 0.259 e. The van der Waals surface area contributed by atoms with Gasteiger partial charge in [-0.2, -0.15) is 0 Å². The summed E-state index contributed by atoms with van der Waals surface area (Å²) in [5.74, 6) is -0.368. The molecule has 1 aromatic heterocycles. The van der Waals surface area contributed by atoms with Gasteiger partial charge in [-0.05, 0) is 13.0 Å². The lowest BCUT2D eigenvalue weighted by atomic mass is 10.4. The van der Waals surface area contributed by atoms with Crippen LogP contribution in [0.5, 0.6) is 0 Å². The van der Waals surface area contributed by atoms with Gasteiger partial charge in [0.2, 0.25) is 0 Å². The summed E-state index contributed by atoms with van der Waals surface area (Å²) in [7, 11) is 0. The Labute approximate surface area is 47.2 Å². The van der Waals surface area contributed by atoms with Crippen molar-refractivity contribution in [2.24, 2.45) is 0 Å². The van der Waals surface area contributed by atoms with E-state index in [1.165, 1.54) is 12.3 Å². The molecule has 0 atom stereocenters. The fourth-order valence-electron chi connectivity index (χ4n) is 0.421. The monoisotopic (exact) mass is 110 g/mol. The van der Waals surface area contributed by atoms with Gasteiger partial charge in [-0.3, -0.25) is 4.98 Å². The molecule has 0 unspecified atom stereocenters. The molecule has 0 aromatic carbocycles. The number of nitrogens with zero attached hydrogens (tertiary/aromatic N) is 1. The van der Waals surface area contributed by atoms with Crippen LogP contribution in [0.25, 0.3) is 0 Å². The van der Waals surface area contributed by atoms with Crippen molar-refractivity contribution in [3.8, 4) is 0 Å². The van der Waals surface area contributed by atoms with Gasteiger partial charge in [0.1, 0.15) is 0 Å². The molecule has 0 saturated heterocycles. The summed E-state index contributed by atoms with van der Waals surface area (Å²) in [4.78, 5) is 3.67. The van der Waals surface area contributed by atoms with Crippen LogP contribution in [-0.2, 0) is 0 Å². The highest BCUT2D eigenvalue weighted by atomic mass is 19.1. The predicted molar refractivity (Wildman–Crippen MR) is 27.8 cm³/mol. The summed E-state index contributed by atoms with van der Waals surface area (Å²) in [6.07, 6.45) is 1.51. The first-order valence-corrected chi connectivity index (χ1v) is 2.29. The van der Waals surface area contributed by atoms with E-state index in [1.807, 2.05) is 0 Å². The van der Waals surface area contributed by atoms with Gasteiger partial charge in [0.15, 0.2) is 5.82 Å². The summed E-state index contributed by atoms with van der Waals surface area (Å²) < 4.78 is 12.2. The molecule has 0 bridgehead atoms. The maximum atomic E-state index is 12.2. The van der Waals surface area contributed by atoms with Crippen LogP contribution in [0.2, 0.25) is 0 Å². The molecule has 0 aliphatic heterocycles. The molecule has 1 rings (SSSR count). The molecular weight excluding hydrogens is 105 g/mol. The molecule has 0 amide bonds. The Kier molecular flexibility index (Phi) is 1.24. The Morgan fingerprint density at radius 1 is 1.75 bits per heavy atom. The Morgan fingerprint density at radius 3 is 2.88 bits per heavy atom. The maximum absolute atomic E-state index is 12.2. The van der Waals surface area contributed by atoms with E-state index in [0.29, 0.717) is 5.69 Å². The normalized spacial score (nSPS) is 9.25. The molecule has 1 nitrogen and oxygen atoms in total. The van der Waals surface area contributed by atoms with Crippen molar-refractivity contribution in [3.63, 3.8) is 0 Å². The first kappa shape index (κ1) is 5.22. The smallest absolute Gasteiger partial charge is 0.152 e. The zero-order valence-electron chi connectivity index (χ0n) is 4.48. The molecule has 0 saturated carbocycles. The fourth-order valence-corrected chi connectivity index (χ4v) is 0.421. The van der Waals surface area contributed by atoms with Gasteiger partial charge < -0.3 is 0 Å². The molecule has 41 valence electrons. The van der Waals surface area contributed by atoms with Gasteiger partial charge >= 0.3 is 0 Å². The van der Waals surface area contributed by atoms with E-state index < -0.39 is 0 Å². The number of aryl methyl sites for hydroxylation is 1. The lowest BCUT2D eigenvalue weighted by Gasteiger charge is -1.87. The third-order valence-electron chi connectivity index (χ3n) is 0.870. The highest BCUT2D eigenvalue weighted by molar-refractivity contribution is 5.02. The average molecular weight is 110 g/mol. The van der Waals surface area contributed by atoms with Crippen LogP contribution in [-0.4, -0.2) is 4.98 Å². The van der Waals surface area contributed by atoms with Crippen LogP contribution in [0.3, 0.4) is 0 Å². The van der Waals surface area contributed by atoms with E-state index in [1.54, 1.807) is 6.92 Å². The highest BCUT2D eigenvalue weighted by Crippen LogP contribution is 1.96. The lowest BCUT2D eigenvalue weighted by Crippen LogP contribution is -1.83. The molecule has 1 aromatic rings. The van der Waals surface area contributed by atoms with Crippen LogP contribution in [0.1, 0.15) is 5.69 Å². The van der Waals surface area contributed by atoms with Crippen LogP contribution in [0.4, 0.5) is 4.39 Å². The topological polar surface area (TPSA) is 12.9 Å². The second kappa shape index (κ2) is 1.90. The van der Waals surface area contributed by atoms with E-state index in [2.05, 4.69) is 11.1 Å². The molecular formula is C6H5FN. The summed E-state index contributed by atoms with van der Waals surface area (Å²) in [6, 6.07) is 3.82. The number of rotatable bonds is 0. The minimum atomic E-state index is -0.368. The Hall–Kier alpha value is -0.920. The zero-order chi connectivity index (χ0) is 5.98. The van der Waals surface area contributed by atoms with E-state index in [9.17, 15) is 4.39 Å². The quantitative estimate of drug-likeness (QED) is 0.491. The average Bonchev–Trinajstić information content (AvgIpc) is 1.77. The van der Waals surface area contributed by atoms with Gasteiger partial charge in [-0.15, -0.1) is 0 Å². The summed E-state index contributed by atoms with van der Waals surface area (Å²) >= 11 is 0. The zero-order valence-corrected chi connectivity index (χ0v) is 4.48. The second-order valence-electron chi connectivity index (χ2n) is 1.49. The van der Waals surface area contributed by atoms with Crippen LogP contribution < -0.4 is 0 Å². The van der Waals surface area contributed by atoms with Crippen molar-refractivity contribution in [3.05, 3.63) is 29.8 Å². The van der Waals surface area contributed by atoms with Gasteiger partial charge in [-0.1, -0.05) is 0 Å². The van der Waals surface area contributed by atoms with E-state index >= 15 is 0 Å². The third kappa shape index (κ3) is 0.832. The standard InChI is InChI=1S/C6H5FN/c1-5-6(7)3-2-4-8-5/h2,4H,1H3. The van der Waals surface area contributed by atoms with Crippen LogP contribution in [0, 0.1) is 18.8 Å². The molecule has 0 aliphatic rings. The van der Waals surface area contributed by atoms with E-state index in [-0.39, 0.29) is 5.82 Å². The minimum Gasteiger partial charge on any atom is -0.259 e. The van der Waals surface area contributed by atoms with Crippen molar-refractivity contribution < 1.29 is 4.39 Å². The second-order valence-corrected chi connectivity index (χ2v) is 1.49. The van der Waals surface area contributed by atoms with Gasteiger partial charge in [-0.25, -0.2) is 4.39 Å². The first-order valence-electron chi connectivity index (χ1n) is 2.29. The fraction of sp³-hybridized carbons (Fsp3) is 0.167. The SMILES string of the molecule is Cc1ncc[c]c1F. The molecule has 0 aliphatic carbocycles. The third-order valence-corrected chi connectivity index (χ3v) is 0.870. The Balaban J connectivity index is 3.13. The molecule has 8 heavy (non-hydrogen) atoms. The first-order chi connectivity index (χ1) is 3.80. The number of hydrogen-bond acceptors (Lipinski definition) is 1. The van der Waals surface area contributed by atoms with Crippen molar-refractivity contribution in [2.45, 2.75) is 6.92 Å².